The highest BCUT2D eigenvalue weighted by Crippen LogP contribution is 2.48. The fraction of sp³-hybridized carbons (Fsp3) is 0.150. The van der Waals surface area contributed by atoms with Crippen LogP contribution in [0.3, 0.4) is 0 Å². The Balaban J connectivity index is 1.62. The third kappa shape index (κ3) is 2.89. The van der Waals surface area contributed by atoms with Crippen LogP contribution in [-0.4, -0.2) is 15.6 Å². The summed E-state index contributed by atoms with van der Waals surface area (Å²) in [5.41, 5.74) is 2.82. The molecule has 0 amide bonds. The predicted octanol–water partition coefficient (Wildman–Crippen LogP) is 5.66. The monoisotopic (exact) mass is 455 g/mol. The smallest absolute Gasteiger partial charge is 0.269 e. The van der Waals surface area contributed by atoms with Gasteiger partial charge in [-0.05, 0) is 29.6 Å². The summed E-state index contributed by atoms with van der Waals surface area (Å²) in [6.45, 7) is 0. The van der Waals surface area contributed by atoms with Crippen LogP contribution in [0.25, 0.3) is 0 Å². The van der Waals surface area contributed by atoms with Crippen LogP contribution in [0.1, 0.15) is 34.7 Å². The van der Waals surface area contributed by atoms with Gasteiger partial charge in [0.05, 0.1) is 21.6 Å². The van der Waals surface area contributed by atoms with Gasteiger partial charge < -0.3 is 4.74 Å². The molecule has 3 heterocycles. The fourth-order valence-corrected chi connectivity index (χ4v) is 4.76. The zero-order valence-corrected chi connectivity index (χ0v) is 16.9. The van der Waals surface area contributed by atoms with E-state index in [1.54, 1.807) is 23.5 Å². The molecular formula is C20H14BrN3O3S. The lowest BCUT2D eigenvalue weighted by Gasteiger charge is -2.38. The molecule has 28 heavy (non-hydrogen) atoms. The van der Waals surface area contributed by atoms with Gasteiger partial charge in [0.15, 0.2) is 0 Å². The highest BCUT2D eigenvalue weighted by Gasteiger charge is 2.41. The molecule has 1 aromatic heterocycles. The third-order valence-electron chi connectivity index (χ3n) is 4.92. The van der Waals surface area contributed by atoms with Gasteiger partial charge in [0.1, 0.15) is 5.75 Å². The second kappa shape index (κ2) is 6.72. The third-order valence-corrected chi connectivity index (χ3v) is 6.34. The zero-order chi connectivity index (χ0) is 19.3. The molecule has 3 aromatic rings. The molecule has 0 unspecified atom stereocenters. The SMILES string of the molecule is O=[N+]([O-])c1cccc([C@@H]2Oc3ccc(Br)cc3[C@H]3CC(c4cccs4)=NN32)c1. The van der Waals surface area contributed by atoms with Crippen LogP contribution in [0.4, 0.5) is 5.69 Å². The van der Waals surface area contributed by atoms with Crippen molar-refractivity contribution in [2.45, 2.75) is 18.7 Å². The van der Waals surface area contributed by atoms with Gasteiger partial charge in [-0.3, -0.25) is 10.1 Å². The van der Waals surface area contributed by atoms with E-state index in [1.165, 1.54) is 6.07 Å². The molecule has 6 nitrogen and oxygen atoms in total. The molecule has 2 aliphatic heterocycles. The van der Waals surface area contributed by atoms with Crippen molar-refractivity contribution in [2.24, 2.45) is 5.10 Å². The van der Waals surface area contributed by atoms with E-state index in [4.69, 9.17) is 9.84 Å². The van der Waals surface area contributed by atoms with E-state index in [9.17, 15) is 10.1 Å². The molecule has 0 aliphatic carbocycles. The van der Waals surface area contributed by atoms with E-state index >= 15 is 0 Å². The first-order valence-electron chi connectivity index (χ1n) is 8.70. The van der Waals surface area contributed by atoms with E-state index in [0.717, 1.165) is 32.8 Å². The van der Waals surface area contributed by atoms with Crippen molar-refractivity contribution in [1.82, 2.24) is 5.01 Å². The number of ether oxygens (including phenoxy) is 1. The van der Waals surface area contributed by atoms with E-state index in [1.807, 2.05) is 34.7 Å². The molecule has 2 atom stereocenters. The number of fused-ring (bicyclic) bond motifs is 3. The summed E-state index contributed by atoms with van der Waals surface area (Å²) in [5.74, 6) is 0.781. The number of benzene rings is 2. The number of hydrogen-bond donors (Lipinski definition) is 0. The first kappa shape index (κ1) is 17.4. The first-order chi connectivity index (χ1) is 13.6. The molecule has 0 bridgehead atoms. The van der Waals surface area contributed by atoms with Crippen molar-refractivity contribution in [3.63, 3.8) is 0 Å². The minimum absolute atomic E-state index is 0.0163. The largest absolute Gasteiger partial charge is 0.464 e. The van der Waals surface area contributed by atoms with Crippen molar-refractivity contribution in [3.05, 3.63) is 90.6 Å². The molecule has 2 aromatic carbocycles. The maximum Gasteiger partial charge on any atom is 0.269 e. The summed E-state index contributed by atoms with van der Waals surface area (Å²) in [4.78, 5) is 12.0. The highest BCUT2D eigenvalue weighted by atomic mass is 79.9. The number of nitro benzene ring substituents is 1. The maximum atomic E-state index is 11.2. The van der Waals surface area contributed by atoms with E-state index in [-0.39, 0.29) is 16.7 Å². The zero-order valence-electron chi connectivity index (χ0n) is 14.5. The Labute approximate surface area is 173 Å². The van der Waals surface area contributed by atoms with Crippen molar-refractivity contribution in [3.8, 4) is 5.75 Å². The van der Waals surface area contributed by atoms with Crippen LogP contribution in [-0.2, 0) is 0 Å². The molecule has 0 N–H and O–H groups in total. The van der Waals surface area contributed by atoms with Crippen LogP contribution in [0.5, 0.6) is 5.75 Å². The van der Waals surface area contributed by atoms with Gasteiger partial charge in [0.2, 0.25) is 6.23 Å². The number of halogens is 1. The quantitative estimate of drug-likeness (QED) is 0.377. The fourth-order valence-electron chi connectivity index (χ4n) is 3.66. The molecule has 0 spiro atoms. The number of non-ortho nitro benzene ring substituents is 1. The number of nitro groups is 1. The summed E-state index contributed by atoms with van der Waals surface area (Å²) in [5, 5.41) is 20.1. The molecule has 140 valence electrons. The van der Waals surface area contributed by atoms with Crippen LogP contribution >= 0.6 is 27.3 Å². The molecule has 0 radical (unpaired) electrons. The normalized spacial score (nSPS) is 20.2. The van der Waals surface area contributed by atoms with Gasteiger partial charge in [-0.1, -0.05) is 34.1 Å². The van der Waals surface area contributed by atoms with Gasteiger partial charge in [-0.25, -0.2) is 5.01 Å². The lowest BCUT2D eigenvalue weighted by molar-refractivity contribution is -0.385. The van der Waals surface area contributed by atoms with E-state index in [2.05, 4.69) is 28.1 Å². The van der Waals surface area contributed by atoms with Gasteiger partial charge in [0.25, 0.3) is 5.69 Å². The summed E-state index contributed by atoms with van der Waals surface area (Å²) in [6, 6.07) is 16.6. The Morgan fingerprint density at radius 1 is 1.21 bits per heavy atom. The Bertz CT molecular complexity index is 1100. The van der Waals surface area contributed by atoms with Gasteiger partial charge in [-0.2, -0.15) is 5.10 Å². The predicted molar refractivity (Wildman–Crippen MR) is 111 cm³/mol. The summed E-state index contributed by atoms with van der Waals surface area (Å²) < 4.78 is 7.25. The lowest BCUT2D eigenvalue weighted by Crippen LogP contribution is -2.33. The minimum Gasteiger partial charge on any atom is -0.464 e. The summed E-state index contributed by atoms with van der Waals surface area (Å²) in [6.07, 6.45) is 0.245. The second-order valence-electron chi connectivity index (χ2n) is 6.63. The first-order valence-corrected chi connectivity index (χ1v) is 10.4. The topological polar surface area (TPSA) is 68.0 Å². The van der Waals surface area contributed by atoms with Gasteiger partial charge in [0, 0.05) is 34.2 Å². The second-order valence-corrected chi connectivity index (χ2v) is 8.49. The molecule has 0 saturated heterocycles. The minimum atomic E-state index is -0.518. The Kier molecular flexibility index (Phi) is 4.17. The van der Waals surface area contributed by atoms with Crippen molar-refractivity contribution >= 4 is 38.7 Å². The van der Waals surface area contributed by atoms with E-state index in [0.29, 0.717) is 5.56 Å². The van der Waals surface area contributed by atoms with Crippen LogP contribution in [0.2, 0.25) is 0 Å². The van der Waals surface area contributed by atoms with Crippen molar-refractivity contribution < 1.29 is 9.66 Å². The van der Waals surface area contributed by atoms with Crippen molar-refractivity contribution in [1.29, 1.82) is 0 Å². The molecule has 8 heteroatoms. The molecule has 5 rings (SSSR count). The van der Waals surface area contributed by atoms with Gasteiger partial charge in [-0.15, -0.1) is 11.3 Å². The van der Waals surface area contributed by atoms with E-state index < -0.39 is 6.23 Å². The highest BCUT2D eigenvalue weighted by molar-refractivity contribution is 9.10. The Morgan fingerprint density at radius 2 is 2.11 bits per heavy atom. The average molecular weight is 456 g/mol. The average Bonchev–Trinajstić information content (AvgIpc) is 3.37. The van der Waals surface area contributed by atoms with Crippen LogP contribution in [0, 0.1) is 10.1 Å². The number of thiophene rings is 1. The number of nitrogens with zero attached hydrogens (tertiary/aromatic N) is 3. The lowest BCUT2D eigenvalue weighted by atomic mass is 9.97. The standard InChI is InChI=1S/C20H14BrN3O3S/c21-13-6-7-18-15(10-13)17-11-16(19-5-2-8-28-19)22-23(17)20(27-18)12-3-1-4-14(9-12)24(25)26/h1-10,17,20H,11H2/t17-,20+/m1/s1. The molecule has 0 fully saturated rings. The molecule has 2 aliphatic rings. The van der Waals surface area contributed by atoms with Gasteiger partial charge >= 0.3 is 0 Å². The number of hydrazone groups is 1. The van der Waals surface area contributed by atoms with Crippen LogP contribution in [0.15, 0.2) is 69.6 Å². The Hall–Kier alpha value is -2.71. The number of hydrogen-bond acceptors (Lipinski definition) is 6. The maximum absolute atomic E-state index is 11.2. The molecule has 0 saturated carbocycles. The Morgan fingerprint density at radius 3 is 2.89 bits per heavy atom. The summed E-state index contributed by atoms with van der Waals surface area (Å²) in [7, 11) is 0. The molecular weight excluding hydrogens is 442 g/mol. The number of rotatable bonds is 3. The van der Waals surface area contributed by atoms with Crippen molar-refractivity contribution in [2.75, 3.05) is 0 Å². The summed E-state index contributed by atoms with van der Waals surface area (Å²) >= 11 is 5.20. The van der Waals surface area contributed by atoms with Crippen LogP contribution < -0.4 is 4.74 Å².